The molecule has 4 nitrogen and oxygen atoms in total. The van der Waals surface area contributed by atoms with E-state index in [2.05, 4.69) is 9.97 Å². The van der Waals surface area contributed by atoms with Crippen LogP contribution in [-0.4, -0.2) is 27.2 Å². The first-order valence-electron chi connectivity index (χ1n) is 6.26. The van der Waals surface area contributed by atoms with E-state index in [4.69, 9.17) is 0 Å². The molecule has 2 heterocycles. The highest BCUT2D eigenvalue weighted by Gasteiger charge is 2.18. The molecule has 0 saturated heterocycles. The summed E-state index contributed by atoms with van der Waals surface area (Å²) in [7, 11) is -3.10. The molecule has 0 aromatic carbocycles. The fraction of sp³-hybridized carbons (Fsp3) is 0.286. The van der Waals surface area contributed by atoms with E-state index in [1.807, 2.05) is 36.4 Å². The minimum absolute atomic E-state index is 0.275. The standard InChI is InChI=1S/C14H17N2O2P/c17-19(18,11-7-13-5-1-3-9-15-13)12-8-14-6-2-4-10-16-14/h1-6,9-10H,7-8,11-12H2,(H,17,18). The summed E-state index contributed by atoms with van der Waals surface area (Å²) in [4.78, 5) is 18.2. The molecule has 1 N–H and O–H groups in total. The molecule has 0 fully saturated rings. The van der Waals surface area contributed by atoms with Gasteiger partial charge in [0, 0.05) is 36.1 Å². The molecule has 0 amide bonds. The van der Waals surface area contributed by atoms with Gasteiger partial charge in [-0.2, -0.15) is 0 Å². The summed E-state index contributed by atoms with van der Waals surface area (Å²) in [5.74, 6) is 0. The van der Waals surface area contributed by atoms with Gasteiger partial charge in [-0.05, 0) is 37.1 Å². The van der Waals surface area contributed by atoms with Crippen LogP contribution < -0.4 is 0 Å². The molecule has 0 saturated carbocycles. The van der Waals surface area contributed by atoms with Crippen LogP contribution in [0.4, 0.5) is 0 Å². The second-order valence-electron chi connectivity index (χ2n) is 4.44. The number of pyridine rings is 2. The highest BCUT2D eigenvalue weighted by molar-refractivity contribution is 7.57. The van der Waals surface area contributed by atoms with Crippen LogP contribution in [0.5, 0.6) is 0 Å². The van der Waals surface area contributed by atoms with Gasteiger partial charge < -0.3 is 4.89 Å². The second-order valence-corrected chi connectivity index (χ2v) is 7.02. The summed E-state index contributed by atoms with van der Waals surface area (Å²) in [6.45, 7) is 0. The van der Waals surface area contributed by atoms with Crippen molar-refractivity contribution in [2.24, 2.45) is 0 Å². The van der Waals surface area contributed by atoms with Crippen LogP contribution in [0, 0.1) is 0 Å². The maximum atomic E-state index is 12.1. The topological polar surface area (TPSA) is 63.1 Å². The summed E-state index contributed by atoms with van der Waals surface area (Å²) in [5, 5.41) is 0. The minimum atomic E-state index is -3.10. The lowest BCUT2D eigenvalue weighted by molar-refractivity contribution is 0.476. The fourth-order valence-corrected chi connectivity index (χ4v) is 3.16. The lowest BCUT2D eigenvalue weighted by atomic mass is 10.3. The van der Waals surface area contributed by atoms with Crippen molar-refractivity contribution < 1.29 is 9.46 Å². The van der Waals surface area contributed by atoms with Crippen molar-refractivity contribution in [3.8, 4) is 0 Å². The van der Waals surface area contributed by atoms with Crippen LogP contribution in [0.1, 0.15) is 11.4 Å². The Balaban J connectivity index is 1.84. The third kappa shape index (κ3) is 4.93. The quantitative estimate of drug-likeness (QED) is 0.823. The molecular weight excluding hydrogens is 259 g/mol. The van der Waals surface area contributed by atoms with E-state index in [0.717, 1.165) is 11.4 Å². The van der Waals surface area contributed by atoms with E-state index in [1.165, 1.54) is 0 Å². The van der Waals surface area contributed by atoms with Gasteiger partial charge in [0.2, 0.25) is 7.37 Å². The molecule has 19 heavy (non-hydrogen) atoms. The van der Waals surface area contributed by atoms with Gasteiger partial charge >= 0.3 is 0 Å². The van der Waals surface area contributed by atoms with Gasteiger partial charge in [-0.1, -0.05) is 12.1 Å². The number of rotatable bonds is 6. The molecule has 5 heteroatoms. The number of hydrogen-bond acceptors (Lipinski definition) is 3. The van der Waals surface area contributed by atoms with Crippen LogP contribution in [0.15, 0.2) is 48.8 Å². The van der Waals surface area contributed by atoms with Crippen LogP contribution in [0.25, 0.3) is 0 Å². The zero-order valence-corrected chi connectivity index (χ0v) is 11.5. The van der Waals surface area contributed by atoms with E-state index in [9.17, 15) is 9.46 Å². The molecule has 2 aromatic rings. The number of hydrogen-bond donors (Lipinski definition) is 1. The predicted molar refractivity (Wildman–Crippen MR) is 75.4 cm³/mol. The normalized spacial score (nSPS) is 11.4. The lowest BCUT2D eigenvalue weighted by Gasteiger charge is -2.10. The van der Waals surface area contributed by atoms with Gasteiger partial charge in [0.1, 0.15) is 0 Å². The molecule has 0 aliphatic carbocycles. The van der Waals surface area contributed by atoms with Crippen molar-refractivity contribution >= 4 is 7.37 Å². The zero-order valence-electron chi connectivity index (χ0n) is 10.6. The molecule has 0 aliphatic rings. The van der Waals surface area contributed by atoms with Crippen molar-refractivity contribution in [1.82, 2.24) is 9.97 Å². The Morgan fingerprint density at radius 1 is 0.895 bits per heavy atom. The maximum Gasteiger partial charge on any atom is 0.201 e. The Labute approximate surface area is 113 Å². The Hall–Kier alpha value is -1.51. The third-order valence-corrected chi connectivity index (χ3v) is 4.73. The van der Waals surface area contributed by atoms with E-state index < -0.39 is 7.37 Å². The number of nitrogens with zero attached hydrogens (tertiary/aromatic N) is 2. The van der Waals surface area contributed by atoms with Gasteiger partial charge in [-0.15, -0.1) is 0 Å². The molecular formula is C14H17N2O2P. The third-order valence-electron chi connectivity index (χ3n) is 2.89. The Bertz CT molecular complexity index is 498. The largest absolute Gasteiger partial charge is 0.344 e. The summed E-state index contributed by atoms with van der Waals surface area (Å²) in [6, 6.07) is 11.2. The van der Waals surface area contributed by atoms with E-state index in [0.29, 0.717) is 12.8 Å². The molecule has 0 atom stereocenters. The summed E-state index contributed by atoms with van der Waals surface area (Å²) in [6.07, 6.45) is 5.03. The molecule has 2 rings (SSSR count). The van der Waals surface area contributed by atoms with E-state index >= 15 is 0 Å². The van der Waals surface area contributed by atoms with Crippen molar-refractivity contribution in [3.63, 3.8) is 0 Å². The fourth-order valence-electron chi connectivity index (χ4n) is 1.78. The Morgan fingerprint density at radius 3 is 1.74 bits per heavy atom. The Kier molecular flexibility index (Phi) is 4.83. The van der Waals surface area contributed by atoms with Gasteiger partial charge in [-0.3, -0.25) is 14.5 Å². The van der Waals surface area contributed by atoms with Crippen molar-refractivity contribution in [2.45, 2.75) is 12.8 Å². The maximum absolute atomic E-state index is 12.1. The number of aryl methyl sites for hydroxylation is 2. The van der Waals surface area contributed by atoms with Gasteiger partial charge in [0.05, 0.1) is 0 Å². The summed E-state index contributed by atoms with van der Waals surface area (Å²) < 4.78 is 12.1. The smallest absolute Gasteiger partial charge is 0.201 e. The van der Waals surface area contributed by atoms with Crippen LogP contribution >= 0.6 is 7.37 Å². The highest BCUT2D eigenvalue weighted by atomic mass is 31.2. The van der Waals surface area contributed by atoms with Crippen LogP contribution in [0.2, 0.25) is 0 Å². The Morgan fingerprint density at radius 2 is 1.37 bits per heavy atom. The average molecular weight is 276 g/mol. The lowest BCUT2D eigenvalue weighted by Crippen LogP contribution is -2.02. The minimum Gasteiger partial charge on any atom is -0.344 e. The van der Waals surface area contributed by atoms with Gasteiger partial charge in [-0.25, -0.2) is 0 Å². The van der Waals surface area contributed by atoms with E-state index in [1.54, 1.807) is 12.4 Å². The van der Waals surface area contributed by atoms with Crippen LogP contribution in [0.3, 0.4) is 0 Å². The molecule has 0 spiro atoms. The van der Waals surface area contributed by atoms with Crippen molar-refractivity contribution in [1.29, 1.82) is 0 Å². The molecule has 0 unspecified atom stereocenters. The second kappa shape index (κ2) is 6.60. The molecule has 0 aliphatic heterocycles. The predicted octanol–water partition coefficient (Wildman–Crippen LogP) is 2.53. The van der Waals surface area contributed by atoms with Gasteiger partial charge in [0.25, 0.3) is 0 Å². The summed E-state index contributed by atoms with van der Waals surface area (Å²) in [5.41, 5.74) is 1.71. The SMILES string of the molecule is O=P(O)(CCc1ccccn1)CCc1ccccn1. The van der Waals surface area contributed by atoms with Crippen LogP contribution in [-0.2, 0) is 17.4 Å². The number of aromatic nitrogens is 2. The first-order valence-corrected chi connectivity index (χ1v) is 8.29. The van der Waals surface area contributed by atoms with Crippen molar-refractivity contribution in [3.05, 3.63) is 60.2 Å². The summed E-state index contributed by atoms with van der Waals surface area (Å²) >= 11 is 0. The van der Waals surface area contributed by atoms with Gasteiger partial charge in [0.15, 0.2) is 0 Å². The average Bonchev–Trinajstić information content (AvgIpc) is 2.46. The molecule has 0 radical (unpaired) electrons. The van der Waals surface area contributed by atoms with E-state index in [-0.39, 0.29) is 12.3 Å². The molecule has 2 aromatic heterocycles. The highest BCUT2D eigenvalue weighted by Crippen LogP contribution is 2.41. The first-order chi connectivity index (χ1) is 9.16. The molecule has 100 valence electrons. The monoisotopic (exact) mass is 276 g/mol. The molecule has 0 bridgehead atoms. The zero-order chi connectivity index (χ0) is 13.6. The van der Waals surface area contributed by atoms with Crippen molar-refractivity contribution in [2.75, 3.05) is 12.3 Å². The first kappa shape index (κ1) is 13.9.